The summed E-state index contributed by atoms with van der Waals surface area (Å²) in [6.07, 6.45) is 19.3. The Labute approximate surface area is 202 Å². The highest BCUT2D eigenvalue weighted by Gasteiger charge is 2.10. The van der Waals surface area contributed by atoms with Crippen LogP contribution in [0.3, 0.4) is 0 Å². The molecule has 1 aromatic rings. The van der Waals surface area contributed by atoms with Crippen LogP contribution in [0.2, 0.25) is 0 Å². The predicted molar refractivity (Wildman–Crippen MR) is 137 cm³/mol. The van der Waals surface area contributed by atoms with Crippen molar-refractivity contribution in [1.29, 1.82) is 0 Å². The minimum absolute atomic E-state index is 0.218. The Morgan fingerprint density at radius 3 is 1.76 bits per heavy atom. The van der Waals surface area contributed by atoms with Gasteiger partial charge in [-0.3, -0.25) is 9.59 Å². The van der Waals surface area contributed by atoms with Gasteiger partial charge in [-0.2, -0.15) is 0 Å². The van der Waals surface area contributed by atoms with Crippen molar-refractivity contribution >= 4 is 11.9 Å². The summed E-state index contributed by atoms with van der Waals surface area (Å²) in [7, 11) is 0. The lowest BCUT2D eigenvalue weighted by Gasteiger charge is -2.09. The number of rotatable bonds is 20. The van der Waals surface area contributed by atoms with Gasteiger partial charge in [-0.05, 0) is 43.9 Å². The molecule has 0 N–H and O–H groups in total. The lowest BCUT2D eigenvalue weighted by molar-refractivity contribution is -0.144. The monoisotopic (exact) mass is 460 g/mol. The zero-order valence-electron chi connectivity index (χ0n) is 21.6. The van der Waals surface area contributed by atoms with Crippen molar-refractivity contribution in [2.75, 3.05) is 6.61 Å². The molecule has 1 aromatic carbocycles. The van der Waals surface area contributed by atoms with E-state index >= 15 is 0 Å². The van der Waals surface area contributed by atoms with E-state index in [0.717, 1.165) is 24.0 Å². The molecule has 0 unspecified atom stereocenters. The van der Waals surface area contributed by atoms with Crippen LogP contribution in [0, 0.1) is 13.8 Å². The molecule has 0 aliphatic carbocycles. The third-order valence-electron chi connectivity index (χ3n) is 6.30. The summed E-state index contributed by atoms with van der Waals surface area (Å²) in [5, 5.41) is 0. The highest BCUT2D eigenvalue weighted by Crippen LogP contribution is 2.21. The number of carbonyl (C=O) groups is 2. The van der Waals surface area contributed by atoms with Gasteiger partial charge in [0, 0.05) is 12.8 Å². The highest BCUT2D eigenvalue weighted by molar-refractivity contribution is 5.74. The van der Waals surface area contributed by atoms with Crippen molar-refractivity contribution in [1.82, 2.24) is 0 Å². The molecule has 0 radical (unpaired) electrons. The molecule has 0 heterocycles. The van der Waals surface area contributed by atoms with Gasteiger partial charge in [0.05, 0.1) is 6.61 Å². The van der Waals surface area contributed by atoms with Crippen LogP contribution in [-0.2, 0) is 14.3 Å². The number of aryl methyl sites for hydroxylation is 1. The standard InChI is InChI=1S/C29H48O4/c1-4-5-6-7-8-9-10-11-12-13-14-15-16-17-24-32-28(30)22-19-23-29(31)33-27-21-18-20-25(2)26(27)3/h18,20-21H,4-17,19,22-24H2,1-3H3. The number of benzene rings is 1. The molecule has 1 rings (SSSR count). The van der Waals surface area contributed by atoms with E-state index in [1.54, 1.807) is 6.07 Å². The first-order valence-corrected chi connectivity index (χ1v) is 13.5. The van der Waals surface area contributed by atoms with Crippen molar-refractivity contribution in [3.05, 3.63) is 29.3 Å². The molecule has 33 heavy (non-hydrogen) atoms. The van der Waals surface area contributed by atoms with Crippen LogP contribution >= 0.6 is 0 Å². The number of esters is 2. The van der Waals surface area contributed by atoms with Crippen molar-refractivity contribution in [2.24, 2.45) is 0 Å². The fourth-order valence-corrected chi connectivity index (χ4v) is 3.94. The zero-order valence-corrected chi connectivity index (χ0v) is 21.6. The Morgan fingerprint density at radius 1 is 0.667 bits per heavy atom. The average molecular weight is 461 g/mol. The van der Waals surface area contributed by atoms with Gasteiger partial charge in [0.2, 0.25) is 0 Å². The molecule has 188 valence electrons. The molecular weight excluding hydrogens is 412 g/mol. The Kier molecular flexibility index (Phi) is 17.4. The van der Waals surface area contributed by atoms with Crippen LogP contribution in [-0.4, -0.2) is 18.5 Å². The molecule has 0 aliphatic heterocycles. The Hall–Kier alpha value is -1.84. The van der Waals surface area contributed by atoms with E-state index < -0.39 is 0 Å². The molecule has 0 saturated heterocycles. The summed E-state index contributed by atoms with van der Waals surface area (Å²) < 4.78 is 10.7. The first-order chi connectivity index (χ1) is 16.0. The molecule has 0 spiro atoms. The van der Waals surface area contributed by atoms with Crippen LogP contribution in [0.15, 0.2) is 18.2 Å². The second kappa shape index (κ2) is 19.6. The van der Waals surface area contributed by atoms with E-state index in [1.165, 1.54) is 77.0 Å². The van der Waals surface area contributed by atoms with Crippen molar-refractivity contribution in [3.8, 4) is 5.75 Å². The lowest BCUT2D eigenvalue weighted by atomic mass is 10.0. The molecule has 4 nitrogen and oxygen atoms in total. The van der Waals surface area contributed by atoms with Crippen molar-refractivity contribution in [2.45, 2.75) is 130 Å². The van der Waals surface area contributed by atoms with E-state index in [2.05, 4.69) is 6.92 Å². The van der Waals surface area contributed by atoms with E-state index in [-0.39, 0.29) is 24.8 Å². The predicted octanol–water partition coefficient (Wildman–Crippen LogP) is 8.40. The maximum atomic E-state index is 12.0. The van der Waals surface area contributed by atoms with Crippen LogP contribution in [0.25, 0.3) is 0 Å². The summed E-state index contributed by atoms with van der Waals surface area (Å²) in [6, 6.07) is 5.66. The van der Waals surface area contributed by atoms with Gasteiger partial charge in [0.25, 0.3) is 0 Å². The number of carbonyl (C=O) groups excluding carboxylic acids is 2. The third kappa shape index (κ3) is 15.6. The number of unbranched alkanes of at least 4 members (excludes halogenated alkanes) is 13. The molecule has 4 heteroatoms. The molecule has 0 saturated carbocycles. The van der Waals surface area contributed by atoms with Crippen LogP contribution in [0.4, 0.5) is 0 Å². The topological polar surface area (TPSA) is 52.6 Å². The van der Waals surface area contributed by atoms with Gasteiger partial charge in [0.1, 0.15) is 5.75 Å². The molecule has 0 aliphatic rings. The number of hydrogen-bond acceptors (Lipinski definition) is 4. The molecule has 0 bridgehead atoms. The third-order valence-corrected chi connectivity index (χ3v) is 6.30. The second-order valence-electron chi connectivity index (χ2n) is 9.34. The summed E-state index contributed by atoms with van der Waals surface area (Å²) in [5.74, 6) is 0.0769. The molecule has 0 fully saturated rings. The summed E-state index contributed by atoms with van der Waals surface area (Å²) in [6.45, 7) is 6.68. The van der Waals surface area contributed by atoms with Crippen LogP contribution in [0.1, 0.15) is 127 Å². The van der Waals surface area contributed by atoms with Gasteiger partial charge in [-0.15, -0.1) is 0 Å². The summed E-state index contributed by atoms with van der Waals surface area (Å²) in [4.78, 5) is 23.8. The van der Waals surface area contributed by atoms with E-state index in [4.69, 9.17) is 9.47 Å². The van der Waals surface area contributed by atoms with Gasteiger partial charge >= 0.3 is 11.9 Å². The molecule has 0 amide bonds. The van der Waals surface area contributed by atoms with E-state index in [0.29, 0.717) is 18.8 Å². The molecule has 0 aromatic heterocycles. The van der Waals surface area contributed by atoms with Gasteiger partial charge in [-0.25, -0.2) is 0 Å². The average Bonchev–Trinajstić information content (AvgIpc) is 2.79. The van der Waals surface area contributed by atoms with Gasteiger partial charge in [-0.1, -0.05) is 103 Å². The summed E-state index contributed by atoms with van der Waals surface area (Å²) >= 11 is 0. The quantitative estimate of drug-likeness (QED) is 0.111. The zero-order chi connectivity index (χ0) is 24.2. The smallest absolute Gasteiger partial charge is 0.311 e. The number of hydrogen-bond donors (Lipinski definition) is 0. The maximum Gasteiger partial charge on any atom is 0.311 e. The minimum atomic E-state index is -0.302. The first-order valence-electron chi connectivity index (χ1n) is 13.5. The minimum Gasteiger partial charge on any atom is -0.466 e. The van der Waals surface area contributed by atoms with Crippen molar-refractivity contribution < 1.29 is 19.1 Å². The van der Waals surface area contributed by atoms with E-state index in [9.17, 15) is 9.59 Å². The lowest BCUT2D eigenvalue weighted by Crippen LogP contribution is -2.11. The first kappa shape index (κ1) is 29.2. The SMILES string of the molecule is CCCCCCCCCCCCCCCCOC(=O)CCCC(=O)Oc1cccc(C)c1C. The Balaban J connectivity index is 1.88. The van der Waals surface area contributed by atoms with Crippen LogP contribution < -0.4 is 4.74 Å². The fraction of sp³-hybridized carbons (Fsp3) is 0.724. The van der Waals surface area contributed by atoms with E-state index in [1.807, 2.05) is 26.0 Å². The van der Waals surface area contributed by atoms with Crippen molar-refractivity contribution in [3.63, 3.8) is 0 Å². The van der Waals surface area contributed by atoms with Gasteiger partial charge < -0.3 is 9.47 Å². The Morgan fingerprint density at radius 2 is 1.18 bits per heavy atom. The normalized spacial score (nSPS) is 10.9. The molecular formula is C29H48O4. The Bertz CT molecular complexity index is 653. The largest absolute Gasteiger partial charge is 0.466 e. The number of ether oxygens (including phenoxy) is 2. The van der Waals surface area contributed by atoms with Gasteiger partial charge in [0.15, 0.2) is 0 Å². The van der Waals surface area contributed by atoms with Crippen LogP contribution in [0.5, 0.6) is 5.75 Å². The molecule has 0 atom stereocenters. The maximum absolute atomic E-state index is 12.0. The fourth-order valence-electron chi connectivity index (χ4n) is 3.94. The summed E-state index contributed by atoms with van der Waals surface area (Å²) in [5.41, 5.74) is 2.06. The second-order valence-corrected chi connectivity index (χ2v) is 9.34. The highest BCUT2D eigenvalue weighted by atomic mass is 16.5.